The molecule has 1 rings (SSSR count). The fourth-order valence-electron chi connectivity index (χ4n) is 1.40. The van der Waals surface area contributed by atoms with Gasteiger partial charge in [-0.3, -0.25) is 0 Å². The monoisotopic (exact) mass is 218 g/mol. The highest BCUT2D eigenvalue weighted by atomic mass is 32.1. The van der Waals surface area contributed by atoms with Gasteiger partial charge in [0.25, 0.3) is 0 Å². The van der Waals surface area contributed by atoms with Gasteiger partial charge < -0.3 is 4.90 Å². The molecule has 0 aliphatic carbocycles. The van der Waals surface area contributed by atoms with E-state index in [2.05, 4.69) is 19.9 Å². The van der Waals surface area contributed by atoms with E-state index in [9.17, 15) is 0 Å². The molecule has 0 amide bonds. The summed E-state index contributed by atoms with van der Waals surface area (Å²) >= 11 is 5.00. The zero-order valence-corrected chi connectivity index (χ0v) is 10.1. The Morgan fingerprint density at radius 3 is 2.53 bits per heavy atom. The molecule has 0 bridgehead atoms. The summed E-state index contributed by atoms with van der Waals surface area (Å²) in [7, 11) is 0. The number of rotatable bonds is 2. The third-order valence-electron chi connectivity index (χ3n) is 2.46. The first-order valence-corrected chi connectivity index (χ1v) is 5.29. The van der Waals surface area contributed by atoms with Crippen LogP contribution in [0.5, 0.6) is 0 Å². The number of thiocarbonyl (C=S) groups is 1. The van der Waals surface area contributed by atoms with Crippen molar-refractivity contribution in [2.75, 3.05) is 11.4 Å². The number of aryl methyl sites for hydroxylation is 2. The van der Waals surface area contributed by atoms with Gasteiger partial charge in [0.15, 0.2) is 4.99 Å². The maximum absolute atomic E-state index is 8.79. The van der Waals surface area contributed by atoms with Crippen molar-refractivity contribution in [1.82, 2.24) is 0 Å². The van der Waals surface area contributed by atoms with Crippen LogP contribution in [0.4, 0.5) is 5.69 Å². The summed E-state index contributed by atoms with van der Waals surface area (Å²) in [6.07, 6.45) is 0. The molecular formula is C12H14N2S. The zero-order chi connectivity index (χ0) is 11.4. The second kappa shape index (κ2) is 4.90. The SMILES string of the molecule is CCN(C(=S)C#N)c1ccc(C)c(C)c1. The van der Waals surface area contributed by atoms with Gasteiger partial charge in [-0.1, -0.05) is 6.07 Å². The molecule has 0 unspecified atom stereocenters. The molecule has 0 aromatic heterocycles. The number of anilines is 1. The summed E-state index contributed by atoms with van der Waals surface area (Å²) in [6, 6.07) is 8.11. The first-order chi connectivity index (χ1) is 7.10. The summed E-state index contributed by atoms with van der Waals surface area (Å²) < 4.78 is 0. The number of benzene rings is 1. The fourth-order valence-corrected chi connectivity index (χ4v) is 1.63. The van der Waals surface area contributed by atoms with Crippen molar-refractivity contribution < 1.29 is 0 Å². The highest BCUT2D eigenvalue weighted by Gasteiger charge is 2.09. The summed E-state index contributed by atoms with van der Waals surface area (Å²) in [6.45, 7) is 6.83. The van der Waals surface area contributed by atoms with Gasteiger partial charge >= 0.3 is 0 Å². The van der Waals surface area contributed by atoms with Crippen LogP contribution in [0, 0.1) is 25.2 Å². The van der Waals surface area contributed by atoms with E-state index < -0.39 is 0 Å². The smallest absolute Gasteiger partial charge is 0.185 e. The lowest BCUT2D eigenvalue weighted by atomic mass is 10.1. The molecule has 0 radical (unpaired) electrons. The highest BCUT2D eigenvalue weighted by molar-refractivity contribution is 7.81. The van der Waals surface area contributed by atoms with Crippen LogP contribution >= 0.6 is 12.2 Å². The number of nitriles is 1. The van der Waals surface area contributed by atoms with E-state index in [1.165, 1.54) is 11.1 Å². The lowest BCUT2D eigenvalue weighted by molar-refractivity contribution is 1.07. The van der Waals surface area contributed by atoms with Crippen LogP contribution in [-0.4, -0.2) is 11.5 Å². The molecule has 0 atom stereocenters. The van der Waals surface area contributed by atoms with E-state index in [0.717, 1.165) is 12.2 Å². The van der Waals surface area contributed by atoms with Crippen LogP contribution in [-0.2, 0) is 0 Å². The second-order valence-corrected chi connectivity index (χ2v) is 3.82. The lowest BCUT2D eigenvalue weighted by Crippen LogP contribution is -2.27. The van der Waals surface area contributed by atoms with E-state index in [0.29, 0.717) is 4.99 Å². The molecule has 0 heterocycles. The van der Waals surface area contributed by atoms with Crippen LogP contribution in [0.25, 0.3) is 0 Å². The van der Waals surface area contributed by atoms with Gasteiger partial charge in [0.1, 0.15) is 6.07 Å². The minimum absolute atomic E-state index is 0.320. The molecule has 0 saturated carbocycles. The molecule has 0 aliphatic rings. The molecule has 1 aromatic rings. The lowest BCUT2D eigenvalue weighted by Gasteiger charge is -2.20. The molecule has 3 heteroatoms. The van der Waals surface area contributed by atoms with Crippen molar-refractivity contribution in [2.45, 2.75) is 20.8 Å². The van der Waals surface area contributed by atoms with Crippen molar-refractivity contribution in [3.63, 3.8) is 0 Å². The molecule has 0 aliphatic heterocycles. The van der Waals surface area contributed by atoms with Crippen molar-refractivity contribution in [3.8, 4) is 6.07 Å². The van der Waals surface area contributed by atoms with Crippen LogP contribution in [0.3, 0.4) is 0 Å². The van der Waals surface area contributed by atoms with E-state index in [4.69, 9.17) is 17.5 Å². The largest absolute Gasteiger partial charge is 0.324 e. The van der Waals surface area contributed by atoms with Crippen molar-refractivity contribution in [3.05, 3.63) is 29.3 Å². The van der Waals surface area contributed by atoms with Crippen molar-refractivity contribution in [1.29, 1.82) is 5.26 Å². The Bertz CT molecular complexity index is 418. The first kappa shape index (κ1) is 11.7. The molecule has 78 valence electrons. The Hall–Kier alpha value is -1.40. The van der Waals surface area contributed by atoms with Crippen LogP contribution in [0.2, 0.25) is 0 Å². The predicted octanol–water partition coefficient (Wildman–Crippen LogP) is 2.98. The number of nitrogens with zero attached hydrogens (tertiary/aromatic N) is 2. The normalized spacial score (nSPS) is 9.47. The van der Waals surface area contributed by atoms with Gasteiger partial charge in [-0.2, -0.15) is 5.26 Å². The Morgan fingerprint density at radius 1 is 1.40 bits per heavy atom. The fraction of sp³-hybridized carbons (Fsp3) is 0.333. The van der Waals surface area contributed by atoms with Gasteiger partial charge in [-0.25, -0.2) is 0 Å². The Morgan fingerprint density at radius 2 is 2.07 bits per heavy atom. The maximum atomic E-state index is 8.79. The van der Waals surface area contributed by atoms with E-state index >= 15 is 0 Å². The van der Waals surface area contributed by atoms with E-state index in [-0.39, 0.29) is 0 Å². The molecule has 0 saturated heterocycles. The molecule has 15 heavy (non-hydrogen) atoms. The third-order valence-corrected chi connectivity index (χ3v) is 2.77. The van der Waals surface area contributed by atoms with Crippen molar-refractivity contribution in [2.24, 2.45) is 0 Å². The average molecular weight is 218 g/mol. The topological polar surface area (TPSA) is 27.0 Å². The minimum atomic E-state index is 0.320. The first-order valence-electron chi connectivity index (χ1n) is 4.89. The third kappa shape index (κ3) is 2.54. The summed E-state index contributed by atoms with van der Waals surface area (Å²) in [4.78, 5) is 2.16. The van der Waals surface area contributed by atoms with Gasteiger partial charge in [-0.15, -0.1) is 0 Å². The molecule has 1 aromatic carbocycles. The Labute approximate surface area is 96.1 Å². The van der Waals surface area contributed by atoms with Crippen LogP contribution < -0.4 is 4.90 Å². The maximum Gasteiger partial charge on any atom is 0.185 e. The van der Waals surface area contributed by atoms with Gasteiger partial charge in [0.2, 0.25) is 0 Å². The second-order valence-electron chi connectivity index (χ2n) is 3.43. The molecule has 0 spiro atoms. The van der Waals surface area contributed by atoms with Crippen LogP contribution in [0.15, 0.2) is 18.2 Å². The Balaban J connectivity index is 3.09. The van der Waals surface area contributed by atoms with Gasteiger partial charge in [0, 0.05) is 12.2 Å². The molecule has 0 N–H and O–H groups in total. The summed E-state index contributed by atoms with van der Waals surface area (Å²) in [5.41, 5.74) is 3.46. The zero-order valence-electron chi connectivity index (χ0n) is 9.24. The quantitative estimate of drug-likeness (QED) is 0.714. The van der Waals surface area contributed by atoms with Gasteiger partial charge in [-0.05, 0) is 56.2 Å². The molecule has 2 nitrogen and oxygen atoms in total. The van der Waals surface area contributed by atoms with Gasteiger partial charge in [0.05, 0.1) is 0 Å². The summed E-state index contributed by atoms with van der Waals surface area (Å²) in [5.74, 6) is 0. The highest BCUT2D eigenvalue weighted by Crippen LogP contribution is 2.19. The van der Waals surface area contributed by atoms with Crippen molar-refractivity contribution >= 4 is 22.9 Å². The Kier molecular flexibility index (Phi) is 3.81. The predicted molar refractivity (Wildman–Crippen MR) is 67.1 cm³/mol. The van der Waals surface area contributed by atoms with Crippen LogP contribution in [0.1, 0.15) is 18.1 Å². The standard InChI is InChI=1S/C12H14N2S/c1-4-14(12(15)8-13)11-6-5-9(2)10(3)7-11/h5-7H,4H2,1-3H3. The number of hydrogen-bond donors (Lipinski definition) is 0. The average Bonchev–Trinajstić information content (AvgIpc) is 2.24. The number of hydrogen-bond acceptors (Lipinski definition) is 2. The van der Waals surface area contributed by atoms with E-state index in [1.807, 2.05) is 30.0 Å². The summed E-state index contributed by atoms with van der Waals surface area (Å²) in [5, 5.41) is 8.79. The molecular weight excluding hydrogens is 204 g/mol. The van der Waals surface area contributed by atoms with E-state index in [1.54, 1.807) is 0 Å². The molecule has 0 fully saturated rings. The minimum Gasteiger partial charge on any atom is -0.324 e.